The van der Waals surface area contributed by atoms with Gasteiger partial charge < -0.3 is 0 Å². The minimum absolute atomic E-state index is 0.164. The van der Waals surface area contributed by atoms with Crippen molar-refractivity contribution in [2.45, 2.75) is 38.0 Å². The van der Waals surface area contributed by atoms with E-state index in [1.165, 1.54) is 11.1 Å². The molecule has 7 heteroatoms. The first-order valence-corrected chi connectivity index (χ1v) is 10.8. The number of halogens is 3. The molecule has 1 aromatic heterocycles. The van der Waals surface area contributed by atoms with Gasteiger partial charge in [-0.1, -0.05) is 64.5 Å². The quantitative estimate of drug-likeness (QED) is 0.409. The van der Waals surface area contributed by atoms with E-state index >= 15 is 0 Å². The third-order valence-electron chi connectivity index (χ3n) is 5.07. The van der Waals surface area contributed by atoms with E-state index in [-0.39, 0.29) is 11.5 Å². The van der Waals surface area contributed by atoms with E-state index in [0.29, 0.717) is 20.9 Å². The molecule has 28 heavy (non-hydrogen) atoms. The van der Waals surface area contributed by atoms with Gasteiger partial charge in [0.2, 0.25) is 0 Å². The van der Waals surface area contributed by atoms with E-state index in [2.05, 4.69) is 21.0 Å². The Hall–Kier alpha value is -1.69. The van der Waals surface area contributed by atoms with Crippen LogP contribution in [0.25, 0.3) is 10.9 Å². The summed E-state index contributed by atoms with van der Waals surface area (Å²) in [6.07, 6.45) is 7.20. The van der Waals surface area contributed by atoms with Crippen LogP contribution in [0.3, 0.4) is 0 Å². The molecule has 1 aliphatic rings. The Labute approximate surface area is 181 Å². The summed E-state index contributed by atoms with van der Waals surface area (Å²) in [5.74, 6) is 0.969. The molecule has 0 atom stereocenters. The highest BCUT2D eigenvalue weighted by atomic mass is 79.9. The number of fused-ring (bicyclic) bond motifs is 1. The number of rotatable bonds is 3. The topological polar surface area (TPSA) is 47.2 Å². The molecule has 0 unspecified atom stereocenters. The lowest BCUT2D eigenvalue weighted by Crippen LogP contribution is -2.25. The van der Waals surface area contributed by atoms with Crippen LogP contribution in [0.2, 0.25) is 10.0 Å². The molecular formula is C21H18BrCl2N3O. The number of aromatic nitrogens is 2. The van der Waals surface area contributed by atoms with Gasteiger partial charge in [-0.15, -0.1) is 0 Å². The van der Waals surface area contributed by atoms with Gasteiger partial charge in [-0.25, -0.2) is 4.98 Å². The Balaban J connectivity index is 1.85. The number of nitrogens with zero attached hydrogens (tertiary/aromatic N) is 3. The minimum Gasteiger partial charge on any atom is -0.267 e. The lowest BCUT2D eigenvalue weighted by Gasteiger charge is -2.22. The Kier molecular flexibility index (Phi) is 5.85. The van der Waals surface area contributed by atoms with Gasteiger partial charge >= 0.3 is 0 Å². The third-order valence-corrected chi connectivity index (χ3v) is 6.30. The van der Waals surface area contributed by atoms with Crippen LogP contribution in [-0.2, 0) is 0 Å². The molecule has 4 rings (SSSR count). The molecule has 0 radical (unpaired) electrons. The Morgan fingerprint density at radius 3 is 2.61 bits per heavy atom. The monoisotopic (exact) mass is 477 g/mol. The molecule has 2 aromatic carbocycles. The maximum Gasteiger partial charge on any atom is 0.282 e. The van der Waals surface area contributed by atoms with Crippen molar-refractivity contribution in [2.24, 2.45) is 5.10 Å². The zero-order chi connectivity index (χ0) is 19.7. The summed E-state index contributed by atoms with van der Waals surface area (Å²) in [5, 5.41) is 5.98. The maximum atomic E-state index is 13.2. The summed E-state index contributed by atoms with van der Waals surface area (Å²) < 4.78 is 2.29. The number of benzene rings is 2. The zero-order valence-electron chi connectivity index (χ0n) is 15.0. The zero-order valence-corrected chi connectivity index (χ0v) is 18.1. The summed E-state index contributed by atoms with van der Waals surface area (Å²) in [6, 6.07) is 10.8. The second-order valence-electron chi connectivity index (χ2n) is 7.00. The largest absolute Gasteiger partial charge is 0.282 e. The maximum absolute atomic E-state index is 13.2. The summed E-state index contributed by atoms with van der Waals surface area (Å²) in [7, 11) is 0. The van der Waals surface area contributed by atoms with Crippen LogP contribution in [0.15, 0.2) is 50.8 Å². The van der Waals surface area contributed by atoms with Crippen LogP contribution in [-0.4, -0.2) is 15.9 Å². The predicted molar refractivity (Wildman–Crippen MR) is 119 cm³/mol. The average Bonchev–Trinajstić information content (AvgIpc) is 2.71. The Bertz CT molecular complexity index is 1120. The van der Waals surface area contributed by atoms with Crippen molar-refractivity contribution in [3.05, 3.63) is 72.7 Å². The third kappa shape index (κ3) is 4.02. The molecule has 1 heterocycles. The van der Waals surface area contributed by atoms with E-state index in [9.17, 15) is 4.79 Å². The van der Waals surface area contributed by atoms with Gasteiger partial charge in [-0.05, 0) is 48.7 Å². The van der Waals surface area contributed by atoms with Gasteiger partial charge in [0.15, 0.2) is 0 Å². The molecule has 0 N–H and O–H groups in total. The van der Waals surface area contributed by atoms with Crippen molar-refractivity contribution in [3.63, 3.8) is 0 Å². The van der Waals surface area contributed by atoms with Crippen molar-refractivity contribution in [2.75, 3.05) is 0 Å². The first-order chi connectivity index (χ1) is 13.5. The minimum atomic E-state index is -0.164. The molecule has 4 nitrogen and oxygen atoms in total. The molecule has 0 aliphatic heterocycles. The highest BCUT2D eigenvalue weighted by Crippen LogP contribution is 2.32. The van der Waals surface area contributed by atoms with Gasteiger partial charge in [0.05, 0.1) is 27.2 Å². The summed E-state index contributed by atoms with van der Waals surface area (Å²) >= 11 is 15.5. The molecule has 1 aliphatic carbocycles. The SMILES string of the molecule is O=c1c2cc(Br)ccc2nc(C2CCCCC2)n1N=Cc1ccc(Cl)c(Cl)c1. The van der Waals surface area contributed by atoms with Gasteiger partial charge in [-0.3, -0.25) is 4.79 Å². The fraction of sp³-hybridized carbons (Fsp3) is 0.286. The van der Waals surface area contributed by atoms with E-state index in [4.69, 9.17) is 28.2 Å². The van der Waals surface area contributed by atoms with Gasteiger partial charge in [0.1, 0.15) is 5.82 Å². The van der Waals surface area contributed by atoms with Crippen LogP contribution < -0.4 is 5.56 Å². The fourth-order valence-electron chi connectivity index (χ4n) is 3.62. The summed E-state index contributed by atoms with van der Waals surface area (Å²) in [4.78, 5) is 18.1. The van der Waals surface area contributed by atoms with Crippen molar-refractivity contribution in [1.29, 1.82) is 0 Å². The molecule has 0 bridgehead atoms. The van der Waals surface area contributed by atoms with Crippen molar-refractivity contribution < 1.29 is 0 Å². The lowest BCUT2D eigenvalue weighted by molar-refractivity contribution is 0.416. The summed E-state index contributed by atoms with van der Waals surface area (Å²) in [6.45, 7) is 0. The average molecular weight is 479 g/mol. The van der Waals surface area contributed by atoms with Crippen molar-refractivity contribution in [3.8, 4) is 0 Å². The highest BCUT2D eigenvalue weighted by Gasteiger charge is 2.22. The lowest BCUT2D eigenvalue weighted by atomic mass is 9.88. The van der Waals surface area contributed by atoms with E-state index < -0.39 is 0 Å². The van der Waals surface area contributed by atoms with E-state index in [1.807, 2.05) is 18.2 Å². The predicted octanol–water partition coefficient (Wildman–Crippen LogP) is 6.40. The van der Waals surface area contributed by atoms with Crippen LogP contribution >= 0.6 is 39.1 Å². The van der Waals surface area contributed by atoms with E-state index in [1.54, 1.807) is 24.4 Å². The normalized spacial score (nSPS) is 15.5. The second kappa shape index (κ2) is 8.36. The molecular weight excluding hydrogens is 461 g/mol. The number of hydrogen-bond donors (Lipinski definition) is 0. The van der Waals surface area contributed by atoms with Crippen LogP contribution in [0.1, 0.15) is 49.4 Å². The molecule has 0 spiro atoms. The number of hydrogen-bond acceptors (Lipinski definition) is 3. The summed E-state index contributed by atoms with van der Waals surface area (Å²) in [5.41, 5.74) is 1.31. The molecule has 0 saturated heterocycles. The Morgan fingerprint density at radius 1 is 1.07 bits per heavy atom. The van der Waals surface area contributed by atoms with Crippen molar-refractivity contribution >= 4 is 56.2 Å². The van der Waals surface area contributed by atoms with Crippen LogP contribution in [0.5, 0.6) is 0 Å². The highest BCUT2D eigenvalue weighted by molar-refractivity contribution is 9.10. The van der Waals surface area contributed by atoms with Gasteiger partial charge in [-0.2, -0.15) is 9.78 Å². The molecule has 0 amide bonds. The smallest absolute Gasteiger partial charge is 0.267 e. The van der Waals surface area contributed by atoms with Gasteiger partial charge in [0.25, 0.3) is 5.56 Å². The van der Waals surface area contributed by atoms with Crippen LogP contribution in [0, 0.1) is 0 Å². The van der Waals surface area contributed by atoms with Crippen molar-refractivity contribution in [1.82, 2.24) is 9.66 Å². The Morgan fingerprint density at radius 2 is 1.86 bits per heavy atom. The van der Waals surface area contributed by atoms with Crippen LogP contribution in [0.4, 0.5) is 0 Å². The molecule has 1 fully saturated rings. The fourth-order valence-corrected chi connectivity index (χ4v) is 4.29. The second-order valence-corrected chi connectivity index (χ2v) is 8.73. The van der Waals surface area contributed by atoms with E-state index in [0.717, 1.165) is 41.5 Å². The first-order valence-electron chi connectivity index (χ1n) is 9.24. The standard InChI is InChI=1S/C21H18BrCl2N3O/c22-15-7-9-19-16(11-15)21(28)27(20(26-19)14-4-2-1-3-5-14)25-12-13-6-8-17(23)18(24)10-13/h6-12,14H,1-5H2. The molecule has 1 saturated carbocycles. The molecule has 144 valence electrons. The molecule has 3 aromatic rings. The first kappa shape index (κ1) is 19.6. The van der Waals surface area contributed by atoms with Gasteiger partial charge in [0, 0.05) is 10.4 Å².